The molecule has 2 aromatic heterocycles. The Morgan fingerprint density at radius 2 is 1.96 bits per heavy atom. The van der Waals surface area contributed by atoms with E-state index in [-0.39, 0.29) is 29.3 Å². The second-order valence-electron chi connectivity index (χ2n) is 4.78. The highest BCUT2D eigenvalue weighted by Crippen LogP contribution is 2.20. The Hall–Kier alpha value is -3.10. The molecule has 6 nitrogen and oxygen atoms in total. The average Bonchev–Trinajstić information content (AvgIpc) is 2.87. The van der Waals surface area contributed by atoms with Gasteiger partial charge in [0.25, 0.3) is 0 Å². The van der Waals surface area contributed by atoms with Crippen LogP contribution in [0.5, 0.6) is 0 Å². The lowest BCUT2D eigenvalue weighted by Gasteiger charge is -2.04. The molecule has 3 aromatic rings. The van der Waals surface area contributed by atoms with Gasteiger partial charge < -0.3 is 11.6 Å². The predicted octanol–water partition coefficient (Wildman–Crippen LogP) is 1.48. The highest BCUT2D eigenvalue weighted by atomic mass is 19.1. The van der Waals surface area contributed by atoms with Crippen LogP contribution in [0.15, 0.2) is 35.6 Å². The number of hydrogen-bond acceptors (Lipinski definition) is 4. The fourth-order valence-corrected chi connectivity index (χ4v) is 2.21. The van der Waals surface area contributed by atoms with Crippen LogP contribution in [-0.2, 0) is 6.54 Å². The first kappa shape index (κ1) is 14.8. The van der Waals surface area contributed by atoms with Crippen molar-refractivity contribution in [2.45, 2.75) is 6.54 Å². The number of halogens is 3. The van der Waals surface area contributed by atoms with Gasteiger partial charge in [-0.3, -0.25) is 0 Å². The van der Waals surface area contributed by atoms with Crippen LogP contribution < -0.4 is 11.6 Å². The molecule has 9 heteroatoms. The molecule has 0 fully saturated rings. The fraction of sp³-hybridized carbons (Fsp3) is 0.0714. The van der Waals surface area contributed by atoms with Crippen LogP contribution in [0.25, 0.3) is 11.0 Å². The van der Waals surface area contributed by atoms with E-state index in [1.54, 1.807) is 0 Å². The number of nitrogens with zero attached hydrogens (tertiary/aromatic N) is 4. The third-order valence-corrected chi connectivity index (χ3v) is 3.27. The molecule has 4 N–H and O–H groups in total. The van der Waals surface area contributed by atoms with Gasteiger partial charge >= 0.3 is 0 Å². The van der Waals surface area contributed by atoms with Crippen LogP contribution in [0.1, 0.15) is 11.3 Å². The minimum absolute atomic E-state index is 0.0426. The van der Waals surface area contributed by atoms with Gasteiger partial charge in [-0.2, -0.15) is 10.2 Å². The van der Waals surface area contributed by atoms with Crippen molar-refractivity contribution in [3.8, 4) is 0 Å². The molecule has 0 saturated heterocycles. The first-order valence-electron chi connectivity index (χ1n) is 6.49. The van der Waals surface area contributed by atoms with Gasteiger partial charge in [-0.15, -0.1) is 0 Å². The van der Waals surface area contributed by atoms with Crippen LogP contribution in [0.2, 0.25) is 0 Å². The second kappa shape index (κ2) is 5.59. The Morgan fingerprint density at radius 3 is 2.65 bits per heavy atom. The number of hydrazone groups is 1. The summed E-state index contributed by atoms with van der Waals surface area (Å²) in [6.07, 6.45) is 1.00. The average molecular weight is 320 g/mol. The number of fused-ring (bicyclic) bond motifs is 1. The Labute approximate surface area is 128 Å². The van der Waals surface area contributed by atoms with Gasteiger partial charge in [-0.1, -0.05) is 6.07 Å². The van der Waals surface area contributed by atoms with Gasteiger partial charge in [0.15, 0.2) is 11.5 Å². The van der Waals surface area contributed by atoms with Crippen molar-refractivity contribution in [3.05, 3.63) is 59.2 Å². The smallest absolute Gasteiger partial charge is 0.171 e. The highest BCUT2D eigenvalue weighted by Gasteiger charge is 2.17. The SMILES string of the molecule is NN=C(N)c1nn(Cc2ccc(F)cc2F)c2ncc(F)cc12. The normalized spacial score (nSPS) is 12.0. The molecule has 0 aliphatic carbocycles. The van der Waals surface area contributed by atoms with Gasteiger partial charge in [0.1, 0.15) is 23.1 Å². The number of benzene rings is 1. The lowest BCUT2D eigenvalue weighted by Crippen LogP contribution is -2.17. The lowest BCUT2D eigenvalue weighted by atomic mass is 10.2. The number of nitrogens with two attached hydrogens (primary N) is 2. The summed E-state index contributed by atoms with van der Waals surface area (Å²) in [5.41, 5.74) is 6.24. The van der Waals surface area contributed by atoms with E-state index < -0.39 is 17.5 Å². The van der Waals surface area contributed by atoms with E-state index in [0.717, 1.165) is 18.3 Å². The molecule has 2 heterocycles. The number of rotatable bonds is 3. The van der Waals surface area contributed by atoms with Gasteiger partial charge in [-0.25, -0.2) is 22.8 Å². The number of pyridine rings is 1. The van der Waals surface area contributed by atoms with Gasteiger partial charge in [0.2, 0.25) is 0 Å². The molecular formula is C14H11F3N6. The minimum atomic E-state index is -0.724. The van der Waals surface area contributed by atoms with E-state index in [2.05, 4.69) is 15.2 Å². The van der Waals surface area contributed by atoms with Crippen molar-refractivity contribution in [2.75, 3.05) is 0 Å². The molecule has 118 valence electrons. The molecule has 1 aromatic carbocycles. The topological polar surface area (TPSA) is 95.1 Å². The Kier molecular flexibility index (Phi) is 3.61. The number of aromatic nitrogens is 3. The lowest BCUT2D eigenvalue weighted by molar-refractivity contribution is 0.560. The highest BCUT2D eigenvalue weighted by molar-refractivity contribution is 6.06. The van der Waals surface area contributed by atoms with E-state index >= 15 is 0 Å². The molecule has 3 rings (SSSR count). The van der Waals surface area contributed by atoms with Crippen molar-refractivity contribution in [3.63, 3.8) is 0 Å². The summed E-state index contributed by atoms with van der Waals surface area (Å²) in [5, 5.41) is 7.78. The minimum Gasteiger partial charge on any atom is -0.380 e. The van der Waals surface area contributed by atoms with E-state index in [0.29, 0.717) is 5.39 Å². The zero-order valence-electron chi connectivity index (χ0n) is 11.7. The number of hydrogen-bond donors (Lipinski definition) is 2. The van der Waals surface area contributed by atoms with Crippen LogP contribution in [0.3, 0.4) is 0 Å². The van der Waals surface area contributed by atoms with Crippen molar-refractivity contribution in [1.29, 1.82) is 0 Å². The second-order valence-corrected chi connectivity index (χ2v) is 4.78. The predicted molar refractivity (Wildman–Crippen MR) is 77.9 cm³/mol. The first-order chi connectivity index (χ1) is 11.0. The standard InChI is InChI=1S/C14H11F3N6/c15-8-2-1-7(11(17)4-8)6-23-14-10(3-9(16)5-20-14)12(22-23)13(18)21-19/h1-5H,6,19H2,(H2,18,21). The molecule has 0 unspecified atom stereocenters. The molecule has 0 spiro atoms. The maximum Gasteiger partial charge on any atom is 0.171 e. The van der Waals surface area contributed by atoms with Crippen molar-refractivity contribution in [2.24, 2.45) is 16.7 Å². The molecule has 0 aliphatic rings. The first-order valence-corrected chi connectivity index (χ1v) is 6.49. The fourth-order valence-electron chi connectivity index (χ4n) is 2.21. The van der Waals surface area contributed by atoms with E-state index in [9.17, 15) is 13.2 Å². The quantitative estimate of drug-likeness (QED) is 0.331. The zero-order chi connectivity index (χ0) is 16.6. The van der Waals surface area contributed by atoms with Crippen LogP contribution in [-0.4, -0.2) is 20.6 Å². The van der Waals surface area contributed by atoms with Crippen LogP contribution in [0.4, 0.5) is 13.2 Å². The summed E-state index contributed by atoms with van der Waals surface area (Å²) in [6.45, 7) is -0.0426. The van der Waals surface area contributed by atoms with Crippen molar-refractivity contribution >= 4 is 16.9 Å². The molecular weight excluding hydrogens is 309 g/mol. The summed E-state index contributed by atoms with van der Waals surface area (Å²) in [6, 6.07) is 4.38. The maximum absolute atomic E-state index is 13.8. The molecule has 0 atom stereocenters. The van der Waals surface area contributed by atoms with Crippen LogP contribution in [0, 0.1) is 17.5 Å². The molecule has 0 radical (unpaired) electrons. The third-order valence-electron chi connectivity index (χ3n) is 3.27. The molecule has 0 aliphatic heterocycles. The van der Waals surface area contributed by atoms with Gasteiger partial charge in [0.05, 0.1) is 18.1 Å². The van der Waals surface area contributed by atoms with E-state index in [4.69, 9.17) is 11.6 Å². The van der Waals surface area contributed by atoms with Crippen LogP contribution >= 0.6 is 0 Å². The summed E-state index contributed by atoms with van der Waals surface area (Å²) in [5.74, 6) is 3.03. The van der Waals surface area contributed by atoms with E-state index in [1.807, 2.05) is 0 Å². The summed E-state index contributed by atoms with van der Waals surface area (Å²) >= 11 is 0. The molecule has 23 heavy (non-hydrogen) atoms. The monoisotopic (exact) mass is 320 g/mol. The largest absolute Gasteiger partial charge is 0.380 e. The van der Waals surface area contributed by atoms with Crippen molar-refractivity contribution in [1.82, 2.24) is 14.8 Å². The van der Waals surface area contributed by atoms with E-state index in [1.165, 1.54) is 16.8 Å². The maximum atomic E-state index is 13.8. The van der Waals surface area contributed by atoms with Crippen molar-refractivity contribution < 1.29 is 13.2 Å². The summed E-state index contributed by atoms with van der Waals surface area (Å²) < 4.78 is 41.5. The Balaban J connectivity index is 2.14. The Bertz CT molecular complexity index is 918. The number of amidine groups is 1. The summed E-state index contributed by atoms with van der Waals surface area (Å²) in [7, 11) is 0. The Morgan fingerprint density at radius 1 is 1.17 bits per heavy atom. The molecule has 0 amide bonds. The van der Waals surface area contributed by atoms with Gasteiger partial charge in [-0.05, 0) is 12.1 Å². The van der Waals surface area contributed by atoms with Gasteiger partial charge in [0, 0.05) is 11.6 Å². The summed E-state index contributed by atoms with van der Waals surface area (Å²) in [4.78, 5) is 3.94. The zero-order valence-corrected chi connectivity index (χ0v) is 11.7. The molecule has 0 bridgehead atoms. The third kappa shape index (κ3) is 2.68. The molecule has 0 saturated carbocycles.